The third-order valence-electron chi connectivity index (χ3n) is 4.40. The van der Waals surface area contributed by atoms with Crippen molar-refractivity contribution in [1.29, 1.82) is 0 Å². The van der Waals surface area contributed by atoms with E-state index in [-0.39, 0.29) is 29.1 Å². The van der Waals surface area contributed by atoms with Gasteiger partial charge in [0.05, 0.1) is 12.1 Å². The molecule has 1 atom stereocenters. The summed E-state index contributed by atoms with van der Waals surface area (Å²) in [6.07, 6.45) is 0. The molecule has 2 amide bonds. The Labute approximate surface area is 155 Å². The van der Waals surface area contributed by atoms with E-state index in [4.69, 9.17) is 16.3 Å². The first-order valence-electron chi connectivity index (χ1n) is 8.11. The fraction of sp³-hybridized carbons (Fsp3) is 0.263. The molecule has 2 aromatic rings. The Morgan fingerprint density at radius 2 is 1.92 bits per heavy atom. The van der Waals surface area contributed by atoms with Gasteiger partial charge in [0.1, 0.15) is 18.1 Å². The number of hydrogen-bond donors (Lipinski definition) is 0. The van der Waals surface area contributed by atoms with Crippen LogP contribution in [0.25, 0.3) is 0 Å². The molecule has 3 rings (SSSR count). The Morgan fingerprint density at radius 1 is 1.23 bits per heavy atom. The van der Waals surface area contributed by atoms with Crippen LogP contribution in [0, 0.1) is 5.82 Å². The number of methoxy groups -OCH3 is 1. The third kappa shape index (κ3) is 3.51. The summed E-state index contributed by atoms with van der Waals surface area (Å²) in [5.74, 6) is -0.548. The van der Waals surface area contributed by atoms with E-state index in [1.165, 1.54) is 17.0 Å². The Kier molecular flexibility index (Phi) is 5.13. The summed E-state index contributed by atoms with van der Waals surface area (Å²) in [6, 6.07) is 10.8. The van der Waals surface area contributed by atoms with Gasteiger partial charge in [-0.1, -0.05) is 11.6 Å². The minimum absolute atomic E-state index is 0.0463. The molecule has 1 aliphatic rings. The molecule has 0 N–H and O–H groups in total. The Hall–Kier alpha value is -2.60. The van der Waals surface area contributed by atoms with Crippen molar-refractivity contribution >= 4 is 29.1 Å². The normalized spacial score (nSPS) is 17.4. The summed E-state index contributed by atoms with van der Waals surface area (Å²) in [5, 5.41) is -0.0463. The van der Waals surface area contributed by atoms with Crippen molar-refractivity contribution in [2.75, 3.05) is 25.1 Å². The van der Waals surface area contributed by atoms with Gasteiger partial charge >= 0.3 is 0 Å². The van der Waals surface area contributed by atoms with Crippen LogP contribution in [0.3, 0.4) is 0 Å². The van der Waals surface area contributed by atoms with E-state index in [2.05, 4.69) is 0 Å². The highest BCUT2D eigenvalue weighted by atomic mass is 35.5. The largest absolute Gasteiger partial charge is 0.497 e. The molecule has 1 aliphatic heterocycles. The molecule has 1 heterocycles. The molecule has 7 heteroatoms. The van der Waals surface area contributed by atoms with Gasteiger partial charge in [-0.3, -0.25) is 9.59 Å². The van der Waals surface area contributed by atoms with Crippen molar-refractivity contribution in [1.82, 2.24) is 4.90 Å². The first-order chi connectivity index (χ1) is 12.4. The standard InChI is InChI=1S/C19H18ClFN2O3/c1-12-10-23(14-4-6-15(26-2)7-5-14)18(24)11-22(12)19(25)13-3-8-16(20)17(21)9-13/h3-9,12H,10-11H2,1-2H3/t12-/m1/s1. The zero-order chi connectivity index (χ0) is 18.8. The van der Waals surface area contributed by atoms with E-state index >= 15 is 0 Å². The zero-order valence-corrected chi connectivity index (χ0v) is 15.2. The smallest absolute Gasteiger partial charge is 0.254 e. The van der Waals surface area contributed by atoms with E-state index < -0.39 is 11.7 Å². The Balaban J connectivity index is 1.78. The highest BCUT2D eigenvalue weighted by Gasteiger charge is 2.33. The molecule has 26 heavy (non-hydrogen) atoms. The van der Waals surface area contributed by atoms with Gasteiger partial charge in [0.25, 0.3) is 5.91 Å². The molecule has 0 bridgehead atoms. The molecule has 1 saturated heterocycles. The van der Waals surface area contributed by atoms with E-state index in [1.54, 1.807) is 36.3 Å². The minimum atomic E-state index is -0.659. The summed E-state index contributed by atoms with van der Waals surface area (Å²) >= 11 is 5.66. The molecule has 0 radical (unpaired) electrons. The van der Waals surface area contributed by atoms with Crippen LogP contribution in [0.4, 0.5) is 10.1 Å². The fourth-order valence-electron chi connectivity index (χ4n) is 2.93. The number of carbonyl (C=O) groups excluding carboxylic acids is 2. The van der Waals surface area contributed by atoms with Crippen LogP contribution in [0.2, 0.25) is 5.02 Å². The lowest BCUT2D eigenvalue weighted by atomic mass is 10.1. The number of halogens is 2. The molecule has 0 aliphatic carbocycles. The number of carbonyl (C=O) groups is 2. The number of piperazine rings is 1. The highest BCUT2D eigenvalue weighted by molar-refractivity contribution is 6.30. The van der Waals surface area contributed by atoms with E-state index in [0.29, 0.717) is 12.3 Å². The van der Waals surface area contributed by atoms with Crippen LogP contribution < -0.4 is 9.64 Å². The SMILES string of the molecule is COc1ccc(N2C[C@@H](C)N(C(=O)c3ccc(Cl)c(F)c3)CC2=O)cc1. The number of rotatable bonds is 3. The summed E-state index contributed by atoms with van der Waals surface area (Å²) in [7, 11) is 1.58. The number of anilines is 1. The van der Waals surface area contributed by atoms with Crippen molar-refractivity contribution in [3.8, 4) is 5.75 Å². The fourth-order valence-corrected chi connectivity index (χ4v) is 3.05. The summed E-state index contributed by atoms with van der Waals surface area (Å²) < 4.78 is 18.8. The second-order valence-electron chi connectivity index (χ2n) is 6.11. The number of hydrogen-bond acceptors (Lipinski definition) is 3. The Morgan fingerprint density at radius 3 is 2.54 bits per heavy atom. The number of benzene rings is 2. The lowest BCUT2D eigenvalue weighted by Gasteiger charge is -2.39. The lowest BCUT2D eigenvalue weighted by molar-refractivity contribution is -0.121. The van der Waals surface area contributed by atoms with Crippen molar-refractivity contribution < 1.29 is 18.7 Å². The second kappa shape index (κ2) is 7.33. The van der Waals surface area contributed by atoms with Crippen LogP contribution in [-0.4, -0.2) is 43.0 Å². The van der Waals surface area contributed by atoms with Crippen LogP contribution in [0.15, 0.2) is 42.5 Å². The first-order valence-corrected chi connectivity index (χ1v) is 8.49. The van der Waals surface area contributed by atoms with Gasteiger partial charge in [0.2, 0.25) is 5.91 Å². The second-order valence-corrected chi connectivity index (χ2v) is 6.52. The number of nitrogens with zero attached hydrogens (tertiary/aromatic N) is 2. The molecule has 1 fully saturated rings. The topological polar surface area (TPSA) is 49.9 Å². The predicted molar refractivity (Wildman–Crippen MR) is 97.3 cm³/mol. The molecule has 5 nitrogen and oxygen atoms in total. The quantitative estimate of drug-likeness (QED) is 0.825. The van der Waals surface area contributed by atoms with Crippen LogP contribution in [0.1, 0.15) is 17.3 Å². The predicted octanol–water partition coefficient (Wildman–Crippen LogP) is 3.37. The van der Waals surface area contributed by atoms with E-state index in [0.717, 1.165) is 11.8 Å². The molecule has 2 aromatic carbocycles. The van der Waals surface area contributed by atoms with E-state index in [9.17, 15) is 14.0 Å². The van der Waals surface area contributed by atoms with Gasteiger partial charge in [-0.05, 0) is 49.4 Å². The summed E-state index contributed by atoms with van der Waals surface area (Å²) in [5.41, 5.74) is 0.914. The van der Waals surface area contributed by atoms with Gasteiger partial charge in [-0.2, -0.15) is 0 Å². The molecular formula is C19H18ClFN2O3. The minimum Gasteiger partial charge on any atom is -0.497 e. The molecule has 0 unspecified atom stereocenters. The maximum absolute atomic E-state index is 13.6. The molecular weight excluding hydrogens is 359 g/mol. The van der Waals surface area contributed by atoms with Crippen LogP contribution in [-0.2, 0) is 4.79 Å². The summed E-state index contributed by atoms with van der Waals surface area (Å²) in [4.78, 5) is 28.3. The first kappa shape index (κ1) is 18.2. The van der Waals surface area contributed by atoms with E-state index in [1.807, 2.05) is 6.92 Å². The van der Waals surface area contributed by atoms with Crippen LogP contribution in [0.5, 0.6) is 5.75 Å². The maximum Gasteiger partial charge on any atom is 0.254 e. The Bertz CT molecular complexity index is 841. The average Bonchev–Trinajstić information content (AvgIpc) is 2.65. The van der Waals surface area contributed by atoms with Crippen molar-refractivity contribution in [2.45, 2.75) is 13.0 Å². The van der Waals surface area contributed by atoms with Gasteiger partial charge in [-0.25, -0.2) is 4.39 Å². The number of ether oxygens (including phenoxy) is 1. The van der Waals surface area contributed by atoms with Crippen molar-refractivity contribution in [3.05, 3.63) is 58.9 Å². The van der Waals surface area contributed by atoms with Crippen molar-refractivity contribution in [3.63, 3.8) is 0 Å². The maximum atomic E-state index is 13.6. The molecule has 0 spiro atoms. The van der Waals surface area contributed by atoms with Gasteiger partial charge in [0.15, 0.2) is 0 Å². The van der Waals surface area contributed by atoms with Gasteiger partial charge in [-0.15, -0.1) is 0 Å². The third-order valence-corrected chi connectivity index (χ3v) is 4.70. The molecule has 136 valence electrons. The molecule has 0 aromatic heterocycles. The average molecular weight is 377 g/mol. The monoisotopic (exact) mass is 376 g/mol. The van der Waals surface area contributed by atoms with Gasteiger partial charge < -0.3 is 14.5 Å². The number of amides is 2. The zero-order valence-electron chi connectivity index (χ0n) is 14.4. The van der Waals surface area contributed by atoms with Crippen LogP contribution >= 0.6 is 11.6 Å². The van der Waals surface area contributed by atoms with Gasteiger partial charge in [0, 0.05) is 23.8 Å². The molecule has 0 saturated carbocycles. The highest BCUT2D eigenvalue weighted by Crippen LogP contribution is 2.24. The lowest BCUT2D eigenvalue weighted by Crippen LogP contribution is -2.57. The summed E-state index contributed by atoms with van der Waals surface area (Å²) in [6.45, 7) is 2.14. The van der Waals surface area contributed by atoms with Crippen molar-refractivity contribution in [2.24, 2.45) is 0 Å².